The lowest BCUT2D eigenvalue weighted by Crippen LogP contribution is -1.85. The van der Waals surface area contributed by atoms with Crippen LogP contribution in [0.3, 0.4) is 0 Å². The van der Waals surface area contributed by atoms with Crippen LogP contribution in [-0.4, -0.2) is 27.4 Å². The Morgan fingerprint density at radius 2 is 2.24 bits per heavy atom. The van der Waals surface area contributed by atoms with Crippen molar-refractivity contribution in [2.24, 2.45) is 0 Å². The van der Waals surface area contributed by atoms with Gasteiger partial charge in [-0.15, -0.1) is 10.2 Å². The highest BCUT2D eigenvalue weighted by molar-refractivity contribution is 8.00. The Hall–Kier alpha value is -1.93. The van der Waals surface area contributed by atoms with E-state index < -0.39 is 0 Å². The molecule has 108 valence electrons. The number of aryl methyl sites for hydroxylation is 1. The summed E-state index contributed by atoms with van der Waals surface area (Å²) in [5.74, 6) is 2.45. The van der Waals surface area contributed by atoms with Gasteiger partial charge in [0.05, 0.1) is 12.9 Å². The molecule has 0 aliphatic carbocycles. The lowest BCUT2D eigenvalue weighted by Gasteiger charge is -1.99. The van der Waals surface area contributed by atoms with Crippen molar-refractivity contribution in [3.63, 3.8) is 0 Å². The van der Waals surface area contributed by atoms with E-state index in [0.29, 0.717) is 17.5 Å². The molecule has 2 aromatic heterocycles. The quantitative estimate of drug-likeness (QED) is 0.668. The molecule has 0 aliphatic heterocycles. The van der Waals surface area contributed by atoms with Crippen molar-refractivity contribution < 1.29 is 9.26 Å². The Morgan fingerprint density at radius 1 is 1.33 bits per heavy atom. The minimum atomic E-state index is 0.554. The summed E-state index contributed by atoms with van der Waals surface area (Å²) in [6.45, 7) is 1.93. The molecule has 1 aromatic carbocycles. The van der Waals surface area contributed by atoms with E-state index in [9.17, 15) is 0 Å². The zero-order chi connectivity index (χ0) is 14.7. The van der Waals surface area contributed by atoms with E-state index in [2.05, 4.69) is 20.3 Å². The van der Waals surface area contributed by atoms with Crippen molar-refractivity contribution >= 4 is 23.1 Å². The van der Waals surface area contributed by atoms with Crippen molar-refractivity contribution in [2.75, 3.05) is 7.11 Å². The van der Waals surface area contributed by atoms with E-state index in [1.165, 1.54) is 11.8 Å². The van der Waals surface area contributed by atoms with Gasteiger partial charge >= 0.3 is 0 Å². The van der Waals surface area contributed by atoms with Crippen LogP contribution in [0.25, 0.3) is 11.4 Å². The summed E-state index contributed by atoms with van der Waals surface area (Å²) < 4.78 is 11.3. The number of ether oxygens (including phenoxy) is 1. The second-order valence-corrected chi connectivity index (χ2v) is 6.52. The third kappa shape index (κ3) is 3.40. The van der Waals surface area contributed by atoms with Crippen molar-refractivity contribution in [1.29, 1.82) is 0 Å². The highest BCUT2D eigenvalue weighted by atomic mass is 32.2. The monoisotopic (exact) mass is 320 g/mol. The molecule has 0 spiro atoms. The van der Waals surface area contributed by atoms with Gasteiger partial charge in [0, 0.05) is 5.56 Å². The lowest BCUT2D eigenvalue weighted by molar-refractivity contribution is 0.391. The predicted octanol–water partition coefficient (Wildman–Crippen LogP) is 3.20. The first-order valence-corrected chi connectivity index (χ1v) is 7.95. The average Bonchev–Trinajstić information content (AvgIpc) is 3.14. The SMILES string of the molecule is COc1cccc(-c2noc(CSc3nnc(C)s3)n2)c1. The summed E-state index contributed by atoms with van der Waals surface area (Å²) in [4.78, 5) is 4.38. The molecule has 0 saturated heterocycles. The molecule has 0 fully saturated rings. The van der Waals surface area contributed by atoms with Crippen LogP contribution in [0.4, 0.5) is 0 Å². The van der Waals surface area contributed by atoms with E-state index in [1.807, 2.05) is 31.2 Å². The first-order chi connectivity index (χ1) is 10.2. The Kier molecular flexibility index (Phi) is 4.16. The standard InChI is InChI=1S/C13H12N4O2S2/c1-8-15-16-13(21-8)20-7-11-14-12(17-19-11)9-4-3-5-10(6-9)18-2/h3-6H,7H2,1-2H3. The molecule has 0 bridgehead atoms. The molecular weight excluding hydrogens is 308 g/mol. The van der Waals surface area contributed by atoms with E-state index >= 15 is 0 Å². The first kappa shape index (κ1) is 14.0. The fraction of sp³-hybridized carbons (Fsp3) is 0.231. The summed E-state index contributed by atoms with van der Waals surface area (Å²) in [6.07, 6.45) is 0. The number of hydrogen-bond donors (Lipinski definition) is 0. The van der Waals surface area contributed by atoms with Crippen LogP contribution in [0.15, 0.2) is 33.1 Å². The molecule has 2 heterocycles. The number of nitrogens with zero attached hydrogens (tertiary/aromatic N) is 4. The number of hydrogen-bond acceptors (Lipinski definition) is 8. The maximum atomic E-state index is 5.25. The number of thioether (sulfide) groups is 1. The maximum Gasteiger partial charge on any atom is 0.237 e. The third-order valence-corrected chi connectivity index (χ3v) is 4.58. The van der Waals surface area contributed by atoms with Crippen LogP contribution in [0.5, 0.6) is 5.75 Å². The minimum absolute atomic E-state index is 0.554. The summed E-state index contributed by atoms with van der Waals surface area (Å²) >= 11 is 3.08. The number of rotatable bonds is 5. The zero-order valence-electron chi connectivity index (χ0n) is 11.4. The molecule has 0 N–H and O–H groups in total. The first-order valence-electron chi connectivity index (χ1n) is 6.14. The molecule has 0 unspecified atom stereocenters. The van der Waals surface area contributed by atoms with Gasteiger partial charge in [-0.3, -0.25) is 0 Å². The highest BCUT2D eigenvalue weighted by Crippen LogP contribution is 2.26. The fourth-order valence-electron chi connectivity index (χ4n) is 1.65. The van der Waals surface area contributed by atoms with Gasteiger partial charge in [-0.25, -0.2) is 0 Å². The second kappa shape index (κ2) is 6.23. The van der Waals surface area contributed by atoms with Crippen LogP contribution in [0.2, 0.25) is 0 Å². The molecule has 8 heteroatoms. The Bertz CT molecular complexity index is 741. The molecule has 0 amide bonds. The topological polar surface area (TPSA) is 73.9 Å². The number of aromatic nitrogens is 4. The van der Waals surface area contributed by atoms with Gasteiger partial charge in [0.2, 0.25) is 11.7 Å². The summed E-state index contributed by atoms with van der Waals surface area (Å²) in [5.41, 5.74) is 0.862. The fourth-order valence-corrected chi connectivity index (χ4v) is 3.31. The Labute approximate surface area is 129 Å². The van der Waals surface area contributed by atoms with Crippen molar-refractivity contribution in [3.8, 4) is 17.1 Å². The van der Waals surface area contributed by atoms with Gasteiger partial charge in [-0.05, 0) is 19.1 Å². The molecule has 3 aromatic rings. The van der Waals surface area contributed by atoms with Crippen molar-refractivity contribution in [1.82, 2.24) is 20.3 Å². The van der Waals surface area contributed by atoms with Crippen LogP contribution in [-0.2, 0) is 5.75 Å². The van der Waals surface area contributed by atoms with Gasteiger partial charge in [-0.1, -0.05) is 40.4 Å². The zero-order valence-corrected chi connectivity index (χ0v) is 13.1. The number of methoxy groups -OCH3 is 1. The molecule has 6 nitrogen and oxygen atoms in total. The van der Waals surface area contributed by atoms with Crippen LogP contribution >= 0.6 is 23.1 Å². The average molecular weight is 320 g/mol. The molecule has 0 aliphatic rings. The lowest BCUT2D eigenvalue weighted by atomic mass is 10.2. The third-order valence-electron chi connectivity index (χ3n) is 2.62. The molecule has 0 radical (unpaired) electrons. The molecule has 0 atom stereocenters. The molecule has 21 heavy (non-hydrogen) atoms. The van der Waals surface area contributed by atoms with Crippen LogP contribution < -0.4 is 4.74 Å². The van der Waals surface area contributed by atoms with E-state index in [-0.39, 0.29) is 0 Å². The second-order valence-electron chi connectivity index (χ2n) is 4.12. The minimum Gasteiger partial charge on any atom is -0.497 e. The van der Waals surface area contributed by atoms with Gasteiger partial charge in [-0.2, -0.15) is 4.98 Å². The van der Waals surface area contributed by atoms with Crippen LogP contribution in [0.1, 0.15) is 10.9 Å². The highest BCUT2D eigenvalue weighted by Gasteiger charge is 2.11. The van der Waals surface area contributed by atoms with Crippen molar-refractivity contribution in [3.05, 3.63) is 35.2 Å². The van der Waals surface area contributed by atoms with Crippen LogP contribution in [0, 0.1) is 6.92 Å². The summed E-state index contributed by atoms with van der Waals surface area (Å²) in [6, 6.07) is 7.55. The van der Waals surface area contributed by atoms with E-state index in [1.54, 1.807) is 18.4 Å². The Morgan fingerprint density at radius 3 is 3.00 bits per heavy atom. The molecule has 0 saturated carbocycles. The van der Waals surface area contributed by atoms with Gasteiger partial charge < -0.3 is 9.26 Å². The summed E-state index contributed by atoms with van der Waals surface area (Å²) in [5, 5.41) is 12.9. The van der Waals surface area contributed by atoms with E-state index in [4.69, 9.17) is 9.26 Å². The maximum absolute atomic E-state index is 5.25. The van der Waals surface area contributed by atoms with Gasteiger partial charge in [0.25, 0.3) is 0 Å². The largest absolute Gasteiger partial charge is 0.497 e. The summed E-state index contributed by atoms with van der Waals surface area (Å²) in [7, 11) is 1.63. The Balaban J connectivity index is 1.70. The normalized spacial score (nSPS) is 10.8. The number of benzene rings is 1. The smallest absolute Gasteiger partial charge is 0.237 e. The van der Waals surface area contributed by atoms with Gasteiger partial charge in [0.1, 0.15) is 10.8 Å². The van der Waals surface area contributed by atoms with E-state index in [0.717, 1.165) is 20.7 Å². The molecular formula is C13H12N4O2S2. The molecule has 3 rings (SSSR count). The van der Waals surface area contributed by atoms with Gasteiger partial charge in [0.15, 0.2) is 4.34 Å². The van der Waals surface area contributed by atoms with Crippen molar-refractivity contribution in [2.45, 2.75) is 17.0 Å². The predicted molar refractivity (Wildman–Crippen MR) is 80.5 cm³/mol.